The van der Waals surface area contributed by atoms with Crippen molar-refractivity contribution in [2.45, 2.75) is 149 Å². The summed E-state index contributed by atoms with van der Waals surface area (Å²) in [6, 6.07) is 24.0. The molecule has 6 heterocycles. The van der Waals surface area contributed by atoms with Crippen LogP contribution in [0.15, 0.2) is 98.1 Å². The minimum absolute atomic E-state index is 0.0197. The molecule has 0 bridgehead atoms. The van der Waals surface area contributed by atoms with Gasteiger partial charge in [0, 0.05) is 66.5 Å². The molecule has 2 saturated heterocycles. The third-order valence-electron chi connectivity index (χ3n) is 17.3. The van der Waals surface area contributed by atoms with Gasteiger partial charge in [0.05, 0.1) is 59.9 Å². The zero-order valence-corrected chi connectivity index (χ0v) is 47.4. The van der Waals surface area contributed by atoms with Gasteiger partial charge in [-0.2, -0.15) is 0 Å². The first-order chi connectivity index (χ1) is 35.4. The highest BCUT2D eigenvalue weighted by molar-refractivity contribution is 6.30. The molecule has 4 aliphatic rings. The fourth-order valence-electron chi connectivity index (χ4n) is 13.2. The molecule has 0 spiro atoms. The third-order valence-corrected chi connectivity index (χ3v) is 17.5. The molecule has 2 fully saturated rings. The number of pyridine rings is 2. The number of fused-ring (bicyclic) bond motifs is 4. The topological polar surface area (TPSA) is 92.0 Å². The van der Waals surface area contributed by atoms with E-state index in [4.69, 9.17) is 21.6 Å². The summed E-state index contributed by atoms with van der Waals surface area (Å²) in [6.07, 6.45) is 21.1. The highest BCUT2D eigenvalue weighted by Crippen LogP contribution is 2.53. The van der Waals surface area contributed by atoms with Crippen LogP contribution in [-0.2, 0) is 24.9 Å². The molecular weight excluding hydrogens is 932 g/mol. The Bertz CT molecular complexity index is 2760. The van der Waals surface area contributed by atoms with Gasteiger partial charge in [-0.3, -0.25) is 9.97 Å². The molecule has 11 heteroatoms. The monoisotopic (exact) mass is 1010 g/mol. The van der Waals surface area contributed by atoms with E-state index in [9.17, 15) is 0 Å². The molecule has 2 N–H and O–H groups in total. The van der Waals surface area contributed by atoms with E-state index in [1.165, 1.54) is 80.0 Å². The molecule has 0 amide bonds. The Balaban J connectivity index is 0.000000182. The Labute approximate surface area is 448 Å². The van der Waals surface area contributed by atoms with Crippen molar-refractivity contribution in [2.24, 2.45) is 25.9 Å². The normalized spacial score (nSPS) is 21.5. The number of nitrogens with zero attached hydrogens (tertiary/aromatic N) is 8. The molecule has 2 aliphatic carbocycles. The maximum Gasteiger partial charge on any atom is 0.0946 e. The molecule has 6 aromatic rings. The first-order valence-electron chi connectivity index (χ1n) is 27.6. The van der Waals surface area contributed by atoms with Gasteiger partial charge in [-0.1, -0.05) is 53.6 Å². The predicted octanol–water partition coefficient (Wildman–Crippen LogP) is 12.6. The predicted molar refractivity (Wildman–Crippen MR) is 307 cm³/mol. The molecule has 4 atom stereocenters. The van der Waals surface area contributed by atoms with Gasteiger partial charge in [0.1, 0.15) is 0 Å². The molecule has 2 aromatic carbocycles. The lowest BCUT2D eigenvalue weighted by atomic mass is 9.64. The Morgan fingerprint density at radius 1 is 0.581 bits per heavy atom. The van der Waals surface area contributed by atoms with Crippen molar-refractivity contribution in [3.05, 3.63) is 165 Å². The zero-order chi connectivity index (χ0) is 52.6. The van der Waals surface area contributed by atoms with Gasteiger partial charge >= 0.3 is 0 Å². The number of rotatable bonds is 12. The van der Waals surface area contributed by atoms with Crippen LogP contribution in [0.1, 0.15) is 169 Å². The van der Waals surface area contributed by atoms with Gasteiger partial charge in [-0.15, -0.1) is 0 Å². The van der Waals surface area contributed by atoms with Gasteiger partial charge in [-0.05, 0) is 221 Å². The number of benzene rings is 2. The van der Waals surface area contributed by atoms with Crippen LogP contribution in [0.3, 0.4) is 0 Å². The van der Waals surface area contributed by atoms with Gasteiger partial charge in [0.2, 0.25) is 0 Å². The summed E-state index contributed by atoms with van der Waals surface area (Å²) in [5.74, 6) is 1.01. The number of nitrogens with one attached hydrogen (secondary N) is 2. The minimum atomic E-state index is -0.229. The summed E-state index contributed by atoms with van der Waals surface area (Å²) in [6.45, 7) is 29.7. The van der Waals surface area contributed by atoms with Crippen LogP contribution in [0.25, 0.3) is 23.3 Å². The molecule has 4 aromatic heterocycles. The van der Waals surface area contributed by atoms with Crippen LogP contribution in [0.5, 0.6) is 0 Å². The van der Waals surface area contributed by atoms with Crippen molar-refractivity contribution in [3.8, 4) is 0 Å². The maximum atomic E-state index is 6.72. The van der Waals surface area contributed by atoms with E-state index in [0.29, 0.717) is 30.0 Å². The Kier molecular flexibility index (Phi) is 16.0. The van der Waals surface area contributed by atoms with Gasteiger partial charge in [0.15, 0.2) is 0 Å². The summed E-state index contributed by atoms with van der Waals surface area (Å²) >= 11 is 6.72. The first-order valence-corrected chi connectivity index (χ1v) is 28.0. The van der Waals surface area contributed by atoms with Crippen LogP contribution >= 0.6 is 11.6 Å². The van der Waals surface area contributed by atoms with Crippen molar-refractivity contribution in [3.63, 3.8) is 0 Å². The van der Waals surface area contributed by atoms with E-state index < -0.39 is 0 Å². The summed E-state index contributed by atoms with van der Waals surface area (Å²) in [5, 5.41) is 8.48. The van der Waals surface area contributed by atoms with E-state index >= 15 is 0 Å². The maximum absolute atomic E-state index is 6.72. The summed E-state index contributed by atoms with van der Waals surface area (Å²) in [5.41, 5.74) is 15.8. The largest absolute Gasteiger partial charge is 0.336 e. The highest BCUT2D eigenvalue weighted by Gasteiger charge is 2.47. The minimum Gasteiger partial charge on any atom is -0.336 e. The van der Waals surface area contributed by atoms with Gasteiger partial charge in [-0.25, -0.2) is 9.97 Å². The van der Waals surface area contributed by atoms with Gasteiger partial charge < -0.3 is 29.6 Å². The fraction of sp³-hybridized carbons (Fsp3) is 0.492. The molecule has 2 unspecified atom stereocenters. The summed E-state index contributed by atoms with van der Waals surface area (Å²) in [7, 11) is 4.16. The van der Waals surface area contributed by atoms with Crippen molar-refractivity contribution >= 4 is 34.9 Å². The van der Waals surface area contributed by atoms with Crippen LogP contribution in [0.4, 0.5) is 0 Å². The van der Waals surface area contributed by atoms with E-state index in [-0.39, 0.29) is 29.0 Å². The number of piperidine rings is 2. The summed E-state index contributed by atoms with van der Waals surface area (Å²) < 4.78 is 4.26. The summed E-state index contributed by atoms with van der Waals surface area (Å²) in [4.78, 5) is 24.4. The number of likely N-dealkylation sites (tertiary alicyclic amines) is 2. The molecule has 74 heavy (non-hydrogen) atoms. The Morgan fingerprint density at radius 2 is 1.00 bits per heavy atom. The number of hydrogen-bond acceptors (Lipinski definition) is 8. The van der Waals surface area contributed by atoms with Gasteiger partial charge in [0.25, 0.3) is 0 Å². The third kappa shape index (κ3) is 10.4. The van der Waals surface area contributed by atoms with E-state index in [2.05, 4.69) is 203 Å². The SMILES string of the molecule is CC(C)NC(C1=Cc2cccnc2C(C)(C2CCN(C(C)C)CC2)c2ccc(Cl)cc21)c1cncn1C.Cc1ccc2c(c1)C([C@H](NC(C)C)c1cncn1C)=Cc1cccnc1[C@@]2(C)C1CCN(C(C)C)CC1. The van der Waals surface area contributed by atoms with Crippen molar-refractivity contribution < 1.29 is 0 Å². The van der Waals surface area contributed by atoms with E-state index in [1.807, 2.05) is 37.4 Å². The highest BCUT2D eigenvalue weighted by atomic mass is 35.5. The van der Waals surface area contributed by atoms with Crippen LogP contribution in [0, 0.1) is 18.8 Å². The Morgan fingerprint density at radius 3 is 1.39 bits per heavy atom. The smallest absolute Gasteiger partial charge is 0.0946 e. The van der Waals surface area contributed by atoms with Crippen LogP contribution in [0.2, 0.25) is 5.02 Å². The molecular formula is C63H83ClN10. The molecule has 10 nitrogen and oxygen atoms in total. The number of halogens is 1. The lowest BCUT2D eigenvalue weighted by molar-refractivity contribution is 0.121. The van der Waals surface area contributed by atoms with Crippen LogP contribution in [-0.4, -0.2) is 89.2 Å². The van der Waals surface area contributed by atoms with Crippen LogP contribution < -0.4 is 10.6 Å². The van der Waals surface area contributed by atoms with Crippen molar-refractivity contribution in [1.29, 1.82) is 0 Å². The average Bonchev–Trinajstić information content (AvgIpc) is 3.97. The van der Waals surface area contributed by atoms with E-state index in [0.717, 1.165) is 49.7 Å². The molecule has 10 rings (SSSR count). The number of hydrogen-bond donors (Lipinski definition) is 2. The standard InChI is InChI=1S/C32H43N5.C31H40ClN5/c1-21(2)35-30(29-19-33-20-36(29)7)27-18-24-9-8-14-34-31(24)32(6,28-11-10-23(5)17-26(27)28)25-12-15-37(16-13-25)22(3)4;1-20(2)35-29(28-18-33-19-36(28)6)26-16-22-8-7-13-34-30(22)31(5,27-10-9-24(32)17-25(26)27)23-11-14-37(15-12-23)21(3)4/h8-11,14,17-22,25,30,35H,12-13,15-16H2,1-7H3;7-10,13,16-21,23,29,35H,11-12,14-15H2,1-6H3/t30-,32-;/m0./s1. The molecule has 0 saturated carbocycles. The molecule has 0 radical (unpaired) electrons. The van der Waals surface area contributed by atoms with Crippen molar-refractivity contribution in [1.82, 2.24) is 49.5 Å². The second-order valence-electron chi connectivity index (χ2n) is 23.4. The Hall–Kier alpha value is -5.23. The number of aryl methyl sites for hydroxylation is 3. The van der Waals surface area contributed by atoms with Crippen molar-refractivity contribution in [2.75, 3.05) is 26.2 Å². The lowest BCUT2D eigenvalue weighted by Gasteiger charge is -2.44. The number of aromatic nitrogens is 6. The first kappa shape index (κ1) is 53.6. The zero-order valence-electron chi connectivity index (χ0n) is 46.6. The second kappa shape index (κ2) is 22.2. The molecule has 392 valence electrons. The van der Waals surface area contributed by atoms with E-state index in [1.54, 1.807) is 0 Å². The lowest BCUT2D eigenvalue weighted by Crippen LogP contribution is -2.45. The molecule has 2 aliphatic heterocycles. The quantitative estimate of drug-likeness (QED) is 0.125. The number of imidazole rings is 2. The fourth-order valence-corrected chi connectivity index (χ4v) is 13.3. The average molecular weight is 1020 g/mol. The second-order valence-corrected chi connectivity index (χ2v) is 23.8.